The van der Waals surface area contributed by atoms with Crippen LogP contribution in [0.2, 0.25) is 0 Å². The summed E-state index contributed by atoms with van der Waals surface area (Å²) in [7, 11) is 0. The van der Waals surface area contributed by atoms with E-state index in [4.69, 9.17) is 4.74 Å². The van der Waals surface area contributed by atoms with Crippen molar-refractivity contribution in [2.24, 2.45) is 0 Å². The molecule has 0 bridgehead atoms. The van der Waals surface area contributed by atoms with E-state index in [0.29, 0.717) is 12.0 Å². The molecule has 0 saturated heterocycles. The van der Waals surface area contributed by atoms with Crippen molar-refractivity contribution in [2.45, 2.75) is 19.4 Å². The normalized spacial score (nSPS) is 10.9. The number of para-hydroxylation sites is 2. The average Bonchev–Trinajstić information content (AvgIpc) is 2.09. The van der Waals surface area contributed by atoms with Gasteiger partial charge in [-0.3, -0.25) is 4.79 Å². The van der Waals surface area contributed by atoms with Crippen molar-refractivity contribution in [1.82, 2.24) is 0 Å². The molecule has 1 rings (SSSR count). The third kappa shape index (κ3) is 2.47. The summed E-state index contributed by atoms with van der Waals surface area (Å²) < 4.78 is 5.26. The summed E-state index contributed by atoms with van der Waals surface area (Å²) in [6, 6.07) is 6.54. The molecule has 0 aromatic heterocycles. The minimum atomic E-state index is -0.904. The van der Waals surface area contributed by atoms with Gasteiger partial charge in [-0.2, -0.15) is 0 Å². The highest BCUT2D eigenvalue weighted by Crippen LogP contribution is 2.27. The van der Waals surface area contributed by atoms with Crippen LogP contribution in [-0.4, -0.2) is 17.0 Å². The van der Waals surface area contributed by atoms with Crippen molar-refractivity contribution in [2.75, 3.05) is 0 Å². The second-order valence-corrected chi connectivity index (χ2v) is 3.29. The molecule has 1 aromatic rings. The van der Waals surface area contributed by atoms with Crippen molar-refractivity contribution in [3.05, 3.63) is 24.3 Å². The Hall–Kier alpha value is -1.51. The number of hydrogen-bond acceptors (Lipinski definition) is 3. The van der Waals surface area contributed by atoms with Crippen molar-refractivity contribution < 1.29 is 14.6 Å². The van der Waals surface area contributed by atoms with Crippen LogP contribution in [0.4, 0.5) is 0 Å². The fraction of sp³-hybridized carbons (Fsp3) is 0.300. The van der Waals surface area contributed by atoms with Crippen molar-refractivity contribution >= 4 is 6.29 Å². The smallest absolute Gasteiger partial charge is 0.162 e. The summed E-state index contributed by atoms with van der Waals surface area (Å²) in [6.45, 7) is 3.26. The Kier molecular flexibility index (Phi) is 2.56. The van der Waals surface area contributed by atoms with Gasteiger partial charge in [-0.25, -0.2) is 0 Å². The maximum atomic E-state index is 10.5. The maximum absolute atomic E-state index is 10.5. The predicted octanol–water partition coefficient (Wildman–Crippen LogP) is 1.75. The number of benzene rings is 1. The van der Waals surface area contributed by atoms with Crippen molar-refractivity contribution in [3.8, 4) is 11.5 Å². The highest BCUT2D eigenvalue weighted by atomic mass is 16.5. The van der Waals surface area contributed by atoms with Gasteiger partial charge in [0.25, 0.3) is 0 Å². The summed E-state index contributed by atoms with van der Waals surface area (Å²) >= 11 is 0. The lowest BCUT2D eigenvalue weighted by Gasteiger charge is -2.19. The van der Waals surface area contributed by atoms with Gasteiger partial charge >= 0.3 is 0 Å². The molecule has 0 aliphatic rings. The van der Waals surface area contributed by atoms with E-state index < -0.39 is 5.60 Å². The first-order valence-electron chi connectivity index (χ1n) is 3.98. The van der Waals surface area contributed by atoms with Gasteiger partial charge in [0.15, 0.2) is 23.4 Å². The van der Waals surface area contributed by atoms with Crippen LogP contribution in [0.1, 0.15) is 13.8 Å². The number of carbonyl (C=O) groups is 1. The SMILES string of the molecule is CC(C)(C=O)Oc1ccccc1O. The molecular weight excluding hydrogens is 168 g/mol. The van der Waals surface area contributed by atoms with Gasteiger partial charge in [-0.1, -0.05) is 12.1 Å². The Labute approximate surface area is 77.0 Å². The van der Waals surface area contributed by atoms with Gasteiger partial charge in [-0.15, -0.1) is 0 Å². The molecule has 0 atom stereocenters. The van der Waals surface area contributed by atoms with Gasteiger partial charge in [0.05, 0.1) is 0 Å². The molecule has 0 aliphatic heterocycles. The van der Waals surface area contributed by atoms with Crippen LogP contribution >= 0.6 is 0 Å². The molecule has 0 saturated carbocycles. The van der Waals surface area contributed by atoms with Crippen LogP contribution in [0.25, 0.3) is 0 Å². The van der Waals surface area contributed by atoms with Gasteiger partial charge in [0.1, 0.15) is 0 Å². The highest BCUT2D eigenvalue weighted by molar-refractivity contribution is 5.62. The van der Waals surface area contributed by atoms with Crippen LogP contribution in [0.3, 0.4) is 0 Å². The third-order valence-electron chi connectivity index (χ3n) is 1.52. The van der Waals surface area contributed by atoms with E-state index in [2.05, 4.69) is 0 Å². The molecule has 0 spiro atoms. The molecule has 0 heterocycles. The van der Waals surface area contributed by atoms with E-state index in [1.807, 2.05) is 0 Å². The third-order valence-corrected chi connectivity index (χ3v) is 1.52. The lowest BCUT2D eigenvalue weighted by atomic mass is 10.2. The van der Waals surface area contributed by atoms with Crippen LogP contribution in [0.15, 0.2) is 24.3 Å². The Morgan fingerprint density at radius 2 is 2.00 bits per heavy atom. The zero-order chi connectivity index (χ0) is 9.90. The van der Waals surface area contributed by atoms with Gasteiger partial charge in [-0.05, 0) is 26.0 Å². The molecule has 0 aliphatic carbocycles. The second-order valence-electron chi connectivity index (χ2n) is 3.29. The number of aldehydes is 1. The number of carbonyl (C=O) groups excluding carboxylic acids is 1. The number of ether oxygens (including phenoxy) is 1. The van der Waals surface area contributed by atoms with Crippen LogP contribution < -0.4 is 4.74 Å². The largest absolute Gasteiger partial charge is 0.504 e. The summed E-state index contributed by atoms with van der Waals surface area (Å²) in [5, 5.41) is 9.33. The monoisotopic (exact) mass is 180 g/mol. The standard InChI is InChI=1S/C10H12O3/c1-10(2,7-11)13-9-6-4-3-5-8(9)12/h3-7,12H,1-2H3. The first-order chi connectivity index (χ1) is 6.05. The summed E-state index contributed by atoms with van der Waals surface area (Å²) in [4.78, 5) is 10.5. The van der Waals surface area contributed by atoms with Gasteiger partial charge < -0.3 is 9.84 Å². The number of aromatic hydroxyl groups is 1. The molecule has 1 N–H and O–H groups in total. The molecule has 0 amide bonds. The van der Waals surface area contributed by atoms with E-state index in [1.165, 1.54) is 6.07 Å². The molecule has 0 fully saturated rings. The van der Waals surface area contributed by atoms with E-state index in [1.54, 1.807) is 32.0 Å². The zero-order valence-electron chi connectivity index (χ0n) is 7.65. The molecule has 3 heteroatoms. The van der Waals surface area contributed by atoms with Gasteiger partial charge in [0.2, 0.25) is 0 Å². The molecule has 0 unspecified atom stereocenters. The van der Waals surface area contributed by atoms with Crippen molar-refractivity contribution in [1.29, 1.82) is 0 Å². The average molecular weight is 180 g/mol. The van der Waals surface area contributed by atoms with E-state index in [9.17, 15) is 9.90 Å². The maximum Gasteiger partial charge on any atom is 0.162 e. The quantitative estimate of drug-likeness (QED) is 0.721. The first kappa shape index (κ1) is 9.58. The fourth-order valence-electron chi connectivity index (χ4n) is 0.851. The molecule has 13 heavy (non-hydrogen) atoms. The summed E-state index contributed by atoms with van der Waals surface area (Å²) in [6.07, 6.45) is 0.694. The number of rotatable bonds is 3. The van der Waals surface area contributed by atoms with Crippen LogP contribution in [0, 0.1) is 0 Å². The number of phenols is 1. The van der Waals surface area contributed by atoms with Crippen molar-refractivity contribution in [3.63, 3.8) is 0 Å². The highest BCUT2D eigenvalue weighted by Gasteiger charge is 2.19. The lowest BCUT2D eigenvalue weighted by molar-refractivity contribution is -0.119. The second kappa shape index (κ2) is 3.47. The minimum Gasteiger partial charge on any atom is -0.504 e. The lowest BCUT2D eigenvalue weighted by Crippen LogP contribution is -2.29. The Bertz CT molecular complexity index is 305. The Morgan fingerprint density at radius 3 is 2.54 bits per heavy atom. The molecule has 1 aromatic carbocycles. The Morgan fingerprint density at radius 1 is 1.38 bits per heavy atom. The van der Waals surface area contributed by atoms with E-state index in [-0.39, 0.29) is 5.75 Å². The van der Waals surface area contributed by atoms with Crippen LogP contribution in [0.5, 0.6) is 11.5 Å². The summed E-state index contributed by atoms with van der Waals surface area (Å²) in [5.74, 6) is 0.358. The number of phenolic OH excluding ortho intramolecular Hbond substituents is 1. The molecule has 70 valence electrons. The van der Waals surface area contributed by atoms with Crippen LogP contribution in [-0.2, 0) is 4.79 Å². The predicted molar refractivity (Wildman–Crippen MR) is 48.9 cm³/mol. The van der Waals surface area contributed by atoms with E-state index in [0.717, 1.165) is 0 Å². The minimum absolute atomic E-state index is 0.0393. The first-order valence-corrected chi connectivity index (χ1v) is 3.98. The van der Waals surface area contributed by atoms with E-state index >= 15 is 0 Å². The molecular formula is C10H12O3. The summed E-state index contributed by atoms with van der Waals surface area (Å²) in [5.41, 5.74) is -0.904. The number of hydrogen-bond donors (Lipinski definition) is 1. The van der Waals surface area contributed by atoms with Gasteiger partial charge in [0, 0.05) is 0 Å². The topological polar surface area (TPSA) is 46.5 Å². The molecule has 3 nitrogen and oxygen atoms in total. The Balaban J connectivity index is 2.86. The fourth-order valence-corrected chi connectivity index (χ4v) is 0.851. The zero-order valence-corrected chi connectivity index (χ0v) is 7.65. The molecule has 0 radical (unpaired) electrons.